The van der Waals surface area contributed by atoms with Crippen LogP contribution in [-0.2, 0) is 20.9 Å². The van der Waals surface area contributed by atoms with Gasteiger partial charge >= 0.3 is 0 Å². The highest BCUT2D eigenvalue weighted by atomic mass is 16.5. The standard InChI is InChI=1S/C21H26N4O5/c22-7-10-30-14-5-8-24(9-6-14)12-13-1-2-15-16(11-13)21(29)25(20(15)28)17-3-4-18(26)23-19(17)27/h1-2,11,14,17H,3-10,12,22H2,(H,23,26,27). The van der Waals surface area contributed by atoms with Crippen LogP contribution in [0.3, 0.4) is 0 Å². The molecule has 9 heteroatoms. The van der Waals surface area contributed by atoms with Gasteiger partial charge in [0, 0.05) is 32.6 Å². The molecule has 4 rings (SSSR count). The number of nitrogens with two attached hydrogens (primary N) is 1. The van der Waals surface area contributed by atoms with E-state index in [0.29, 0.717) is 30.8 Å². The van der Waals surface area contributed by atoms with Crippen LogP contribution in [0.2, 0.25) is 0 Å². The van der Waals surface area contributed by atoms with Gasteiger partial charge in [0.05, 0.1) is 23.8 Å². The summed E-state index contributed by atoms with van der Waals surface area (Å²) in [5, 5.41) is 2.21. The van der Waals surface area contributed by atoms with Crippen molar-refractivity contribution in [3.8, 4) is 0 Å². The van der Waals surface area contributed by atoms with E-state index in [9.17, 15) is 19.2 Å². The van der Waals surface area contributed by atoms with Gasteiger partial charge in [0.1, 0.15) is 6.04 Å². The predicted molar refractivity (Wildman–Crippen MR) is 106 cm³/mol. The Hall–Kier alpha value is -2.62. The number of ether oxygens (including phenoxy) is 1. The molecule has 0 saturated carbocycles. The first-order valence-electron chi connectivity index (χ1n) is 10.4. The van der Waals surface area contributed by atoms with Crippen molar-refractivity contribution in [1.82, 2.24) is 15.1 Å². The molecule has 1 aromatic carbocycles. The van der Waals surface area contributed by atoms with E-state index in [1.54, 1.807) is 12.1 Å². The highest BCUT2D eigenvalue weighted by Gasteiger charge is 2.44. The number of carbonyl (C=O) groups excluding carboxylic acids is 4. The summed E-state index contributed by atoms with van der Waals surface area (Å²) in [4.78, 5) is 52.5. The topological polar surface area (TPSA) is 122 Å². The molecule has 0 aliphatic carbocycles. The number of nitrogens with one attached hydrogen (secondary N) is 1. The maximum atomic E-state index is 12.9. The van der Waals surface area contributed by atoms with Gasteiger partial charge in [-0.1, -0.05) is 6.07 Å². The van der Waals surface area contributed by atoms with Gasteiger partial charge in [-0.15, -0.1) is 0 Å². The molecular weight excluding hydrogens is 388 g/mol. The lowest BCUT2D eigenvalue weighted by molar-refractivity contribution is -0.136. The first-order valence-corrected chi connectivity index (χ1v) is 10.4. The zero-order valence-electron chi connectivity index (χ0n) is 16.8. The molecule has 160 valence electrons. The largest absolute Gasteiger partial charge is 0.377 e. The molecule has 3 aliphatic rings. The zero-order valence-corrected chi connectivity index (χ0v) is 16.8. The number of amides is 4. The first kappa shape index (κ1) is 20.6. The minimum absolute atomic E-state index is 0.111. The number of fused-ring (bicyclic) bond motifs is 1. The summed E-state index contributed by atoms with van der Waals surface area (Å²) in [5.41, 5.74) is 7.06. The third kappa shape index (κ3) is 4.00. The summed E-state index contributed by atoms with van der Waals surface area (Å²) in [5.74, 6) is -1.93. The maximum Gasteiger partial charge on any atom is 0.262 e. The van der Waals surface area contributed by atoms with Crippen LogP contribution in [0.15, 0.2) is 18.2 Å². The average molecular weight is 414 g/mol. The molecule has 30 heavy (non-hydrogen) atoms. The van der Waals surface area contributed by atoms with E-state index < -0.39 is 23.8 Å². The SMILES string of the molecule is NCCOC1CCN(Cc2ccc3c(c2)C(=O)N(C2CCC(=O)NC2=O)C3=O)CC1. The van der Waals surface area contributed by atoms with Crippen molar-refractivity contribution < 1.29 is 23.9 Å². The summed E-state index contributed by atoms with van der Waals surface area (Å²) < 4.78 is 5.71. The number of imide groups is 2. The van der Waals surface area contributed by atoms with Crippen molar-refractivity contribution in [3.05, 3.63) is 34.9 Å². The second-order valence-corrected chi connectivity index (χ2v) is 7.96. The van der Waals surface area contributed by atoms with Gasteiger partial charge in [-0.25, -0.2) is 0 Å². The van der Waals surface area contributed by atoms with E-state index in [-0.39, 0.29) is 24.9 Å². The van der Waals surface area contributed by atoms with Crippen molar-refractivity contribution in [2.24, 2.45) is 5.73 Å². The third-order valence-electron chi connectivity index (χ3n) is 5.92. The Bertz CT molecular complexity index is 878. The number of hydrogen-bond donors (Lipinski definition) is 2. The van der Waals surface area contributed by atoms with Gasteiger partial charge in [0.2, 0.25) is 11.8 Å². The summed E-state index contributed by atoms with van der Waals surface area (Å²) in [6.07, 6.45) is 2.38. The molecule has 1 unspecified atom stereocenters. The van der Waals surface area contributed by atoms with E-state index in [1.165, 1.54) is 0 Å². The number of nitrogens with zero attached hydrogens (tertiary/aromatic N) is 2. The second-order valence-electron chi connectivity index (χ2n) is 7.96. The Morgan fingerprint density at radius 3 is 2.47 bits per heavy atom. The van der Waals surface area contributed by atoms with Crippen LogP contribution in [0.4, 0.5) is 0 Å². The number of benzene rings is 1. The third-order valence-corrected chi connectivity index (χ3v) is 5.92. The predicted octanol–water partition coefficient (Wildman–Crippen LogP) is 0.0275. The molecule has 4 amide bonds. The number of hydrogen-bond acceptors (Lipinski definition) is 7. The monoisotopic (exact) mass is 414 g/mol. The van der Waals surface area contributed by atoms with Crippen molar-refractivity contribution in [1.29, 1.82) is 0 Å². The van der Waals surface area contributed by atoms with Crippen molar-refractivity contribution in [2.45, 2.75) is 44.4 Å². The minimum atomic E-state index is -0.939. The van der Waals surface area contributed by atoms with Gasteiger partial charge in [-0.05, 0) is 37.0 Å². The van der Waals surface area contributed by atoms with Crippen LogP contribution in [0.25, 0.3) is 0 Å². The van der Waals surface area contributed by atoms with Gasteiger partial charge < -0.3 is 10.5 Å². The second kappa shape index (κ2) is 8.63. The number of likely N-dealkylation sites (tertiary alicyclic amines) is 1. The van der Waals surface area contributed by atoms with Crippen molar-refractivity contribution in [3.63, 3.8) is 0 Å². The fourth-order valence-electron chi connectivity index (χ4n) is 4.34. The summed E-state index contributed by atoms with van der Waals surface area (Å²) in [6, 6.07) is 4.33. The molecule has 2 fully saturated rings. The number of rotatable bonds is 6. The smallest absolute Gasteiger partial charge is 0.262 e. The Balaban J connectivity index is 1.42. The lowest BCUT2D eigenvalue weighted by atomic mass is 10.0. The Labute approximate surface area is 174 Å². The van der Waals surface area contributed by atoms with Crippen molar-refractivity contribution >= 4 is 23.6 Å². The Kier molecular flexibility index (Phi) is 5.94. The summed E-state index contributed by atoms with van der Waals surface area (Å²) in [7, 11) is 0. The average Bonchev–Trinajstić information content (AvgIpc) is 2.98. The quantitative estimate of drug-likeness (QED) is 0.630. The van der Waals surface area contributed by atoms with Crippen LogP contribution in [0, 0.1) is 0 Å². The van der Waals surface area contributed by atoms with Crippen LogP contribution in [0.5, 0.6) is 0 Å². The van der Waals surface area contributed by atoms with Crippen LogP contribution >= 0.6 is 0 Å². The van der Waals surface area contributed by atoms with E-state index in [2.05, 4.69) is 10.2 Å². The maximum absolute atomic E-state index is 12.9. The molecular formula is C21H26N4O5. The van der Waals surface area contributed by atoms with E-state index >= 15 is 0 Å². The highest BCUT2D eigenvalue weighted by molar-refractivity contribution is 6.23. The van der Waals surface area contributed by atoms with Gasteiger partial charge in [-0.3, -0.25) is 34.3 Å². The van der Waals surface area contributed by atoms with Crippen molar-refractivity contribution in [2.75, 3.05) is 26.2 Å². The highest BCUT2D eigenvalue weighted by Crippen LogP contribution is 2.29. The fraction of sp³-hybridized carbons (Fsp3) is 0.524. The molecule has 9 nitrogen and oxygen atoms in total. The van der Waals surface area contributed by atoms with Gasteiger partial charge in [-0.2, -0.15) is 0 Å². The number of piperidine rings is 2. The molecule has 3 aliphatic heterocycles. The molecule has 1 atom stereocenters. The first-order chi connectivity index (χ1) is 14.5. The normalized spacial score (nSPS) is 23.1. The Morgan fingerprint density at radius 1 is 1.03 bits per heavy atom. The molecule has 3 N–H and O–H groups in total. The molecule has 0 radical (unpaired) electrons. The van der Waals surface area contributed by atoms with Crippen LogP contribution in [-0.4, -0.2) is 71.8 Å². The lowest BCUT2D eigenvalue weighted by Crippen LogP contribution is -2.54. The van der Waals surface area contributed by atoms with E-state index in [1.807, 2.05) is 6.07 Å². The molecule has 2 saturated heterocycles. The van der Waals surface area contributed by atoms with Gasteiger partial charge in [0.25, 0.3) is 11.8 Å². The van der Waals surface area contributed by atoms with Crippen LogP contribution < -0.4 is 11.1 Å². The van der Waals surface area contributed by atoms with Gasteiger partial charge in [0.15, 0.2) is 0 Å². The minimum Gasteiger partial charge on any atom is -0.377 e. The molecule has 0 aromatic heterocycles. The van der Waals surface area contributed by atoms with E-state index in [4.69, 9.17) is 10.5 Å². The van der Waals surface area contributed by atoms with Crippen LogP contribution in [0.1, 0.15) is 52.0 Å². The molecule has 0 bridgehead atoms. The summed E-state index contributed by atoms with van der Waals surface area (Å²) in [6.45, 7) is 3.56. The number of carbonyl (C=O) groups is 4. The molecule has 0 spiro atoms. The zero-order chi connectivity index (χ0) is 21.3. The Morgan fingerprint density at radius 2 is 1.77 bits per heavy atom. The molecule has 3 heterocycles. The van der Waals surface area contributed by atoms with E-state index in [0.717, 1.165) is 36.4 Å². The fourth-order valence-corrected chi connectivity index (χ4v) is 4.34. The summed E-state index contributed by atoms with van der Waals surface area (Å²) >= 11 is 0. The lowest BCUT2D eigenvalue weighted by Gasteiger charge is -2.31. The molecule has 1 aromatic rings.